The van der Waals surface area contributed by atoms with Crippen molar-refractivity contribution < 1.29 is 23.0 Å². The molecule has 1 unspecified atom stereocenters. The zero-order valence-electron chi connectivity index (χ0n) is 22.3. The van der Waals surface area contributed by atoms with Gasteiger partial charge < -0.3 is 19.3 Å². The number of ether oxygens (including phenoxy) is 2. The second-order valence-electron chi connectivity index (χ2n) is 8.92. The number of carbonyl (C=O) groups is 1. The molecule has 0 saturated carbocycles. The Hall–Kier alpha value is -2.75. The third kappa shape index (κ3) is 5.48. The monoisotopic (exact) mass is 507 g/mol. The van der Waals surface area contributed by atoms with Gasteiger partial charge in [0.2, 0.25) is 0 Å². The maximum Gasteiger partial charge on any atom is 0.409 e. The highest BCUT2D eigenvalue weighted by molar-refractivity contribution is 5.71. The second-order valence-corrected chi connectivity index (χ2v) is 8.92. The van der Waals surface area contributed by atoms with Crippen molar-refractivity contribution in [3.63, 3.8) is 0 Å². The van der Waals surface area contributed by atoms with Crippen molar-refractivity contribution in [3.05, 3.63) is 34.3 Å². The Labute approximate surface area is 212 Å². The van der Waals surface area contributed by atoms with Crippen molar-refractivity contribution in [3.8, 4) is 0 Å². The molecule has 0 aromatic carbocycles. The summed E-state index contributed by atoms with van der Waals surface area (Å²) < 4.78 is 39.9. The van der Waals surface area contributed by atoms with Crippen molar-refractivity contribution in [1.82, 2.24) is 19.7 Å². The van der Waals surface area contributed by atoms with Crippen LogP contribution in [0.15, 0.2) is 6.07 Å². The zero-order valence-corrected chi connectivity index (χ0v) is 22.3. The molecule has 0 fully saturated rings. The molecule has 0 aliphatic carbocycles. The number of amides is 1. The average molecular weight is 508 g/mol. The molecule has 8 nitrogen and oxygen atoms in total. The quantitative estimate of drug-likeness (QED) is 0.475. The van der Waals surface area contributed by atoms with Crippen LogP contribution in [0.1, 0.15) is 80.7 Å². The van der Waals surface area contributed by atoms with E-state index in [9.17, 15) is 13.6 Å². The summed E-state index contributed by atoms with van der Waals surface area (Å²) in [5, 5.41) is 5.04. The normalized spacial score (nSPS) is 15.7. The number of fused-ring (bicyclic) bond motifs is 2. The van der Waals surface area contributed by atoms with E-state index in [0.29, 0.717) is 49.9 Å². The van der Waals surface area contributed by atoms with Gasteiger partial charge in [-0.05, 0) is 32.3 Å². The lowest BCUT2D eigenvalue weighted by atomic mass is 10.0. The molecule has 0 radical (unpaired) electrons. The lowest BCUT2D eigenvalue weighted by molar-refractivity contribution is 0.116. The average Bonchev–Trinajstić information content (AvgIpc) is 3.26. The minimum Gasteiger partial charge on any atom is -0.453 e. The number of alkyl halides is 2. The molecule has 1 amide bonds. The zero-order chi connectivity index (χ0) is 26.4. The molecule has 4 rings (SSSR count). The number of carbonyl (C=O) groups excluding carboxylic acids is 1. The summed E-state index contributed by atoms with van der Waals surface area (Å²) in [6.45, 7) is 9.81. The van der Waals surface area contributed by atoms with Gasteiger partial charge in [0, 0.05) is 49.1 Å². The van der Waals surface area contributed by atoms with Crippen LogP contribution in [0.3, 0.4) is 0 Å². The van der Waals surface area contributed by atoms with Crippen molar-refractivity contribution in [2.45, 2.75) is 78.8 Å². The van der Waals surface area contributed by atoms with Gasteiger partial charge >= 0.3 is 6.09 Å². The standard InChI is InChI=1S/C24H33F2N5O3.C2H6/c1-5-7-16(14-33-3)31-20-9-11-29(24(32)34-4)13-18(20)23(28-31)30-10-6-8-19-21(30)12-17(22(25)26)15(2)27-19;1-2/h12,16,22H,5-11,13-14H2,1-4H3;1-2H3. The number of hydrogen-bond acceptors (Lipinski definition) is 6. The second kappa shape index (κ2) is 12.5. The van der Waals surface area contributed by atoms with Gasteiger partial charge in [0.25, 0.3) is 6.43 Å². The molecule has 0 bridgehead atoms. The van der Waals surface area contributed by atoms with Crippen molar-refractivity contribution >= 4 is 17.6 Å². The summed E-state index contributed by atoms with van der Waals surface area (Å²) in [5.41, 5.74) is 3.78. The number of anilines is 2. The van der Waals surface area contributed by atoms with Gasteiger partial charge in [0.1, 0.15) is 0 Å². The molecule has 2 aliphatic rings. The van der Waals surface area contributed by atoms with Crippen molar-refractivity contribution in [2.75, 3.05) is 38.8 Å². The van der Waals surface area contributed by atoms with Crippen LogP contribution in [0.25, 0.3) is 0 Å². The molecule has 36 heavy (non-hydrogen) atoms. The Morgan fingerprint density at radius 3 is 2.58 bits per heavy atom. The number of hydrogen-bond donors (Lipinski definition) is 0. The van der Waals surface area contributed by atoms with E-state index in [4.69, 9.17) is 14.6 Å². The Morgan fingerprint density at radius 1 is 1.19 bits per heavy atom. The minimum absolute atomic E-state index is 0.0548. The van der Waals surface area contributed by atoms with Crippen LogP contribution < -0.4 is 4.90 Å². The van der Waals surface area contributed by atoms with Crippen LogP contribution >= 0.6 is 0 Å². The van der Waals surface area contributed by atoms with Crippen molar-refractivity contribution in [1.29, 1.82) is 0 Å². The first-order valence-corrected chi connectivity index (χ1v) is 12.9. The first-order valence-electron chi connectivity index (χ1n) is 12.9. The highest BCUT2D eigenvalue weighted by Gasteiger charge is 2.34. The first kappa shape index (κ1) is 27.8. The third-order valence-electron chi connectivity index (χ3n) is 6.71. The van der Waals surface area contributed by atoms with Gasteiger partial charge in [-0.15, -0.1) is 0 Å². The summed E-state index contributed by atoms with van der Waals surface area (Å²) in [6, 6.07) is 1.62. The van der Waals surface area contributed by atoms with Gasteiger partial charge in [0.05, 0.1) is 37.7 Å². The smallest absolute Gasteiger partial charge is 0.409 e. The number of aryl methyl sites for hydroxylation is 2. The maximum absolute atomic E-state index is 13.7. The Balaban J connectivity index is 0.00000176. The minimum atomic E-state index is -2.60. The van der Waals surface area contributed by atoms with Crippen LogP contribution in [0, 0.1) is 6.92 Å². The summed E-state index contributed by atoms with van der Waals surface area (Å²) in [4.78, 5) is 20.5. The molecule has 2 aromatic rings. The van der Waals surface area contributed by atoms with E-state index in [-0.39, 0.29) is 17.7 Å². The highest BCUT2D eigenvalue weighted by Crippen LogP contribution is 2.40. The number of rotatable bonds is 7. The van der Waals surface area contributed by atoms with Crippen LogP contribution in [0.4, 0.5) is 25.1 Å². The molecular weight excluding hydrogens is 468 g/mol. The topological polar surface area (TPSA) is 72.7 Å². The van der Waals surface area contributed by atoms with E-state index in [1.807, 2.05) is 23.4 Å². The van der Waals surface area contributed by atoms with Crippen LogP contribution in [-0.4, -0.2) is 59.7 Å². The van der Waals surface area contributed by atoms with Crippen LogP contribution in [-0.2, 0) is 28.9 Å². The molecule has 0 N–H and O–H groups in total. The Kier molecular flexibility index (Phi) is 9.64. The predicted octanol–water partition coefficient (Wildman–Crippen LogP) is 5.75. The molecule has 200 valence electrons. The van der Waals surface area contributed by atoms with Crippen LogP contribution in [0.2, 0.25) is 0 Å². The Morgan fingerprint density at radius 2 is 1.94 bits per heavy atom. The van der Waals surface area contributed by atoms with Gasteiger partial charge in [0.15, 0.2) is 5.82 Å². The molecule has 1 atom stereocenters. The molecule has 0 saturated heterocycles. The number of halogens is 2. The van der Waals surface area contributed by atoms with E-state index >= 15 is 0 Å². The lowest BCUT2D eigenvalue weighted by Crippen LogP contribution is -2.37. The number of methoxy groups -OCH3 is 2. The maximum atomic E-state index is 13.7. The van der Waals surface area contributed by atoms with Crippen molar-refractivity contribution in [2.24, 2.45) is 0 Å². The predicted molar refractivity (Wildman–Crippen MR) is 135 cm³/mol. The summed E-state index contributed by atoms with van der Waals surface area (Å²) in [6.07, 6.45) is 1.09. The van der Waals surface area contributed by atoms with Gasteiger partial charge in [-0.3, -0.25) is 9.67 Å². The van der Waals surface area contributed by atoms with Gasteiger partial charge in [-0.1, -0.05) is 27.2 Å². The molecule has 0 spiro atoms. The van der Waals surface area contributed by atoms with Gasteiger partial charge in [-0.2, -0.15) is 5.10 Å². The summed E-state index contributed by atoms with van der Waals surface area (Å²) in [5.74, 6) is 0.702. The molecular formula is C26H39F2N5O3. The van der Waals surface area contributed by atoms with E-state index in [1.54, 1.807) is 25.0 Å². The lowest BCUT2D eigenvalue weighted by Gasteiger charge is -2.32. The fourth-order valence-corrected chi connectivity index (χ4v) is 5.08. The highest BCUT2D eigenvalue weighted by atomic mass is 19.3. The summed E-state index contributed by atoms with van der Waals surface area (Å²) in [7, 11) is 3.05. The third-order valence-corrected chi connectivity index (χ3v) is 6.71. The van der Waals surface area contributed by atoms with E-state index in [1.165, 1.54) is 7.11 Å². The molecule has 4 heterocycles. The number of nitrogens with zero attached hydrogens (tertiary/aromatic N) is 5. The fourth-order valence-electron chi connectivity index (χ4n) is 5.08. The number of aromatic nitrogens is 3. The summed E-state index contributed by atoms with van der Waals surface area (Å²) >= 11 is 0. The molecule has 2 aliphatic heterocycles. The van der Waals surface area contributed by atoms with Crippen LogP contribution in [0.5, 0.6) is 0 Å². The SMILES string of the molecule is CC.CCCC(COC)n1nc(N2CCCc3nc(C)c(C(F)F)cc32)c2c1CCN(C(=O)OC)C2. The van der Waals surface area contributed by atoms with Gasteiger partial charge in [-0.25, -0.2) is 13.6 Å². The van der Waals surface area contributed by atoms with E-state index < -0.39 is 6.43 Å². The van der Waals surface area contributed by atoms with E-state index in [2.05, 4.69) is 11.9 Å². The fraction of sp³-hybridized carbons (Fsp3) is 0.654. The largest absolute Gasteiger partial charge is 0.453 e. The number of pyridine rings is 1. The first-order chi connectivity index (χ1) is 17.4. The van der Waals surface area contributed by atoms with E-state index in [0.717, 1.165) is 42.6 Å². The Bertz CT molecular complexity index is 1040. The molecule has 2 aromatic heterocycles. The molecule has 10 heteroatoms.